The maximum atomic E-state index is 11.4. The van der Waals surface area contributed by atoms with Gasteiger partial charge in [0.2, 0.25) is 11.8 Å². The molecule has 0 saturated carbocycles. The van der Waals surface area contributed by atoms with Gasteiger partial charge in [0.25, 0.3) is 0 Å². The molecule has 0 unspecified atom stereocenters. The van der Waals surface area contributed by atoms with Crippen molar-refractivity contribution in [3.63, 3.8) is 0 Å². The first-order valence-electron chi connectivity index (χ1n) is 7.48. The van der Waals surface area contributed by atoms with E-state index in [1.807, 2.05) is 4.90 Å². The summed E-state index contributed by atoms with van der Waals surface area (Å²) >= 11 is 0. The van der Waals surface area contributed by atoms with Crippen LogP contribution in [0.2, 0.25) is 0 Å². The molecule has 1 fully saturated rings. The molecular formula is C14H24N4O2. The van der Waals surface area contributed by atoms with Gasteiger partial charge in [0.1, 0.15) is 0 Å². The largest absolute Gasteiger partial charge is 0.342 e. The van der Waals surface area contributed by atoms with Crippen LogP contribution in [0.25, 0.3) is 0 Å². The summed E-state index contributed by atoms with van der Waals surface area (Å²) in [6.07, 6.45) is 4.11. The SMILES string of the molecule is CCCCc1noc(CN2CCCN(C(C)=O)CC2)n1. The van der Waals surface area contributed by atoms with Crippen molar-refractivity contribution in [1.29, 1.82) is 0 Å². The minimum absolute atomic E-state index is 0.159. The van der Waals surface area contributed by atoms with Gasteiger partial charge in [-0.2, -0.15) is 4.98 Å². The van der Waals surface area contributed by atoms with E-state index in [0.29, 0.717) is 12.4 Å². The average molecular weight is 280 g/mol. The van der Waals surface area contributed by atoms with Crippen LogP contribution in [0.4, 0.5) is 0 Å². The van der Waals surface area contributed by atoms with Gasteiger partial charge in [-0.05, 0) is 12.8 Å². The summed E-state index contributed by atoms with van der Waals surface area (Å²) in [6.45, 7) is 7.93. The highest BCUT2D eigenvalue weighted by Crippen LogP contribution is 2.09. The second-order valence-electron chi connectivity index (χ2n) is 5.34. The molecule has 1 aromatic rings. The second kappa shape index (κ2) is 7.38. The molecule has 1 saturated heterocycles. The normalized spacial score (nSPS) is 17.2. The van der Waals surface area contributed by atoms with Gasteiger partial charge in [0.05, 0.1) is 6.54 Å². The van der Waals surface area contributed by atoms with E-state index < -0.39 is 0 Å². The lowest BCUT2D eigenvalue weighted by molar-refractivity contribution is -0.128. The van der Waals surface area contributed by atoms with Gasteiger partial charge in [-0.3, -0.25) is 9.69 Å². The zero-order chi connectivity index (χ0) is 14.4. The third kappa shape index (κ3) is 4.30. The summed E-state index contributed by atoms with van der Waals surface area (Å²) in [5.74, 6) is 1.65. The minimum atomic E-state index is 0.159. The molecule has 0 bridgehead atoms. The molecule has 20 heavy (non-hydrogen) atoms. The van der Waals surface area contributed by atoms with Gasteiger partial charge < -0.3 is 9.42 Å². The predicted molar refractivity (Wildman–Crippen MR) is 75.1 cm³/mol. The molecule has 0 aromatic carbocycles. The molecule has 1 aliphatic heterocycles. The van der Waals surface area contributed by atoms with Crippen LogP contribution < -0.4 is 0 Å². The van der Waals surface area contributed by atoms with Crippen LogP contribution in [0.5, 0.6) is 0 Å². The van der Waals surface area contributed by atoms with Crippen LogP contribution in [0.3, 0.4) is 0 Å². The third-order valence-corrected chi connectivity index (χ3v) is 3.66. The van der Waals surface area contributed by atoms with Crippen LogP contribution >= 0.6 is 0 Å². The highest BCUT2D eigenvalue weighted by atomic mass is 16.5. The summed E-state index contributed by atoms with van der Waals surface area (Å²) < 4.78 is 5.30. The number of rotatable bonds is 5. The van der Waals surface area contributed by atoms with Crippen molar-refractivity contribution < 1.29 is 9.32 Å². The summed E-state index contributed by atoms with van der Waals surface area (Å²) in [5, 5.41) is 4.01. The molecule has 2 rings (SSSR count). The Morgan fingerprint density at radius 1 is 1.30 bits per heavy atom. The topological polar surface area (TPSA) is 62.5 Å². The number of carbonyl (C=O) groups excluding carboxylic acids is 1. The Kier molecular flexibility index (Phi) is 5.52. The summed E-state index contributed by atoms with van der Waals surface area (Å²) in [6, 6.07) is 0. The standard InChI is InChI=1S/C14H24N4O2/c1-3-4-6-13-15-14(20-16-13)11-17-7-5-8-18(10-9-17)12(2)19/h3-11H2,1-2H3. The number of unbranched alkanes of at least 4 members (excludes halogenated alkanes) is 1. The maximum Gasteiger partial charge on any atom is 0.240 e. The molecule has 2 heterocycles. The van der Waals surface area contributed by atoms with Gasteiger partial charge >= 0.3 is 0 Å². The Balaban J connectivity index is 1.83. The van der Waals surface area contributed by atoms with Crippen molar-refractivity contribution in [2.75, 3.05) is 26.2 Å². The molecule has 0 N–H and O–H groups in total. The lowest BCUT2D eigenvalue weighted by atomic mass is 10.2. The summed E-state index contributed by atoms with van der Waals surface area (Å²) in [4.78, 5) is 20.0. The quantitative estimate of drug-likeness (QED) is 0.817. The van der Waals surface area contributed by atoms with Crippen molar-refractivity contribution in [3.05, 3.63) is 11.7 Å². The first-order valence-corrected chi connectivity index (χ1v) is 7.48. The van der Waals surface area contributed by atoms with Crippen LogP contribution in [0, 0.1) is 0 Å². The van der Waals surface area contributed by atoms with E-state index in [9.17, 15) is 4.79 Å². The number of amides is 1. The number of hydrogen-bond donors (Lipinski definition) is 0. The first-order chi connectivity index (χ1) is 9.69. The number of carbonyl (C=O) groups is 1. The molecule has 1 amide bonds. The Labute approximate surface area is 120 Å². The molecule has 1 aliphatic rings. The number of hydrogen-bond acceptors (Lipinski definition) is 5. The van der Waals surface area contributed by atoms with Crippen molar-refractivity contribution in [2.24, 2.45) is 0 Å². The second-order valence-corrected chi connectivity index (χ2v) is 5.34. The van der Waals surface area contributed by atoms with E-state index in [1.54, 1.807) is 6.92 Å². The van der Waals surface area contributed by atoms with E-state index in [2.05, 4.69) is 22.0 Å². The molecule has 1 aromatic heterocycles. The molecule has 6 heteroatoms. The molecule has 0 atom stereocenters. The van der Waals surface area contributed by atoms with Gasteiger partial charge in [-0.25, -0.2) is 0 Å². The van der Waals surface area contributed by atoms with Crippen molar-refractivity contribution in [2.45, 2.75) is 46.1 Å². The minimum Gasteiger partial charge on any atom is -0.342 e. The molecule has 0 radical (unpaired) electrons. The van der Waals surface area contributed by atoms with Gasteiger partial charge in [-0.15, -0.1) is 0 Å². The number of aryl methyl sites for hydroxylation is 1. The van der Waals surface area contributed by atoms with Crippen LogP contribution in [0.15, 0.2) is 4.52 Å². The lowest BCUT2D eigenvalue weighted by Crippen LogP contribution is -2.33. The monoisotopic (exact) mass is 280 g/mol. The van der Waals surface area contributed by atoms with Crippen molar-refractivity contribution in [3.8, 4) is 0 Å². The molecule has 112 valence electrons. The van der Waals surface area contributed by atoms with E-state index in [-0.39, 0.29) is 5.91 Å². The average Bonchev–Trinajstić information content (AvgIpc) is 2.72. The van der Waals surface area contributed by atoms with E-state index in [1.165, 1.54) is 0 Å². The van der Waals surface area contributed by atoms with Crippen molar-refractivity contribution >= 4 is 5.91 Å². The molecule has 0 spiro atoms. The highest BCUT2D eigenvalue weighted by molar-refractivity contribution is 5.73. The highest BCUT2D eigenvalue weighted by Gasteiger charge is 2.18. The zero-order valence-electron chi connectivity index (χ0n) is 12.5. The Morgan fingerprint density at radius 3 is 2.90 bits per heavy atom. The zero-order valence-corrected chi connectivity index (χ0v) is 12.5. The fraction of sp³-hybridized carbons (Fsp3) is 0.786. The fourth-order valence-electron chi connectivity index (χ4n) is 2.43. The maximum absolute atomic E-state index is 11.4. The first kappa shape index (κ1) is 15.0. The van der Waals surface area contributed by atoms with Crippen LogP contribution in [0.1, 0.15) is 44.8 Å². The molecule has 0 aliphatic carbocycles. The smallest absolute Gasteiger partial charge is 0.240 e. The molecular weight excluding hydrogens is 256 g/mol. The van der Waals surface area contributed by atoms with Crippen LogP contribution in [-0.2, 0) is 17.8 Å². The summed E-state index contributed by atoms with van der Waals surface area (Å²) in [7, 11) is 0. The Bertz CT molecular complexity index is 433. The van der Waals surface area contributed by atoms with Crippen molar-refractivity contribution in [1.82, 2.24) is 19.9 Å². The number of aromatic nitrogens is 2. The summed E-state index contributed by atoms with van der Waals surface area (Å²) in [5.41, 5.74) is 0. The van der Waals surface area contributed by atoms with Gasteiger partial charge in [0.15, 0.2) is 5.82 Å². The van der Waals surface area contributed by atoms with Gasteiger partial charge in [0, 0.05) is 39.5 Å². The van der Waals surface area contributed by atoms with Crippen LogP contribution in [-0.4, -0.2) is 52.0 Å². The van der Waals surface area contributed by atoms with E-state index >= 15 is 0 Å². The van der Waals surface area contributed by atoms with E-state index in [4.69, 9.17) is 4.52 Å². The lowest BCUT2D eigenvalue weighted by Gasteiger charge is -2.19. The Hall–Kier alpha value is -1.43. The van der Waals surface area contributed by atoms with Gasteiger partial charge in [-0.1, -0.05) is 18.5 Å². The van der Waals surface area contributed by atoms with E-state index in [0.717, 1.165) is 57.7 Å². The third-order valence-electron chi connectivity index (χ3n) is 3.66. The molecule has 6 nitrogen and oxygen atoms in total. The fourth-order valence-corrected chi connectivity index (χ4v) is 2.43. The Morgan fingerprint density at radius 2 is 2.15 bits per heavy atom. The predicted octanol–water partition coefficient (Wildman–Crippen LogP) is 1.47. The number of nitrogens with zero attached hydrogens (tertiary/aromatic N) is 4.